The number of nitrogen functional groups attached to an aromatic ring is 1. The van der Waals surface area contributed by atoms with Crippen LogP contribution in [0.4, 0.5) is 5.95 Å². The van der Waals surface area contributed by atoms with Crippen LogP contribution in [-0.4, -0.2) is 72.8 Å². The Morgan fingerprint density at radius 2 is 1.60 bits per heavy atom. The van der Waals surface area contributed by atoms with Crippen molar-refractivity contribution < 1.29 is 33.4 Å². The number of para-hydroxylation sites is 1. The van der Waals surface area contributed by atoms with Crippen molar-refractivity contribution in [3.8, 4) is 5.75 Å². The van der Waals surface area contributed by atoms with Gasteiger partial charge in [0.2, 0.25) is 11.9 Å². The minimum atomic E-state index is -3.86. The van der Waals surface area contributed by atoms with Crippen molar-refractivity contribution in [1.82, 2.24) is 24.8 Å². The van der Waals surface area contributed by atoms with Gasteiger partial charge in [-0.3, -0.25) is 23.7 Å². The molecule has 308 valence electrons. The zero-order chi connectivity index (χ0) is 40.9. The highest BCUT2D eigenvalue weighted by atomic mass is 31.2. The van der Waals surface area contributed by atoms with Gasteiger partial charge in [0.25, 0.3) is 5.56 Å². The molecular weight excluding hydrogens is 747 g/mol. The van der Waals surface area contributed by atoms with E-state index >= 15 is 0 Å². The van der Waals surface area contributed by atoms with Crippen molar-refractivity contribution in [3.05, 3.63) is 120 Å². The van der Waals surface area contributed by atoms with Crippen molar-refractivity contribution in [2.45, 2.75) is 95.7 Å². The van der Waals surface area contributed by atoms with E-state index in [1.165, 1.54) is 17.8 Å². The Balaban J connectivity index is 1.17. The maximum atomic E-state index is 14.0. The third-order valence-electron chi connectivity index (χ3n) is 8.95. The van der Waals surface area contributed by atoms with Gasteiger partial charge < -0.3 is 30.5 Å². The highest BCUT2D eigenvalue weighted by molar-refractivity contribution is 7.54. The first-order valence-corrected chi connectivity index (χ1v) is 21.2. The lowest BCUT2D eigenvalue weighted by atomic mass is 9.96. The number of rotatable bonds is 24. The number of carbonyl (C=O) groups is 1. The molecule has 0 bridgehead atoms. The van der Waals surface area contributed by atoms with Crippen molar-refractivity contribution in [3.63, 3.8) is 0 Å². The zero-order valence-electron chi connectivity index (χ0n) is 32.8. The molecule has 3 heterocycles. The van der Waals surface area contributed by atoms with Crippen LogP contribution in [0.15, 0.2) is 114 Å². The predicted molar refractivity (Wildman–Crippen MR) is 224 cm³/mol. The number of hydrogen-bond acceptors (Lipinski definition) is 11. The number of hydrogen-bond donors (Lipinski definition) is 5. The molecule has 4 rings (SSSR count). The van der Waals surface area contributed by atoms with Crippen LogP contribution in [-0.2, 0) is 18.6 Å². The third kappa shape index (κ3) is 14.6. The molecule has 57 heavy (non-hydrogen) atoms. The summed E-state index contributed by atoms with van der Waals surface area (Å²) in [5, 5.41) is 25.2. The molecule has 1 fully saturated rings. The molecule has 0 radical (unpaired) electrons. The molecule has 0 aliphatic carbocycles. The summed E-state index contributed by atoms with van der Waals surface area (Å²) >= 11 is 0. The number of nitrogens with two attached hydrogens (primary N) is 1. The van der Waals surface area contributed by atoms with Gasteiger partial charge in [0.15, 0.2) is 17.4 Å². The summed E-state index contributed by atoms with van der Waals surface area (Å²) in [5.41, 5.74) is 3.28. The van der Waals surface area contributed by atoms with E-state index in [4.69, 9.17) is 19.5 Å². The lowest BCUT2D eigenvalue weighted by Gasteiger charge is -2.27. The summed E-state index contributed by atoms with van der Waals surface area (Å²) < 4.78 is 33.0. The molecule has 1 saturated heterocycles. The molecule has 1 aromatic carbocycles. The Hall–Kier alpha value is -4.85. The molecule has 14 nitrogen and oxygen atoms in total. The largest absolute Gasteiger partial charge is 0.424 e. The topological polar surface area (TPSA) is 204 Å². The molecule has 3 aromatic rings. The standard InChI is InChI=1S/C42H57N6O8P/c1-3-4-5-6-7-8-9-10-11-12-13-14-15-16-17-18-19-20-24-28-35(49)44-29-25-30-57(53,56-33-26-22-21-23-27-33)54-31-34-37(50)42(2,52)40(55-34)48-32-45-36-38(48)46-41(43)47-39(36)51/h4-5,7-8,10-11,13-14,16-17,19-23,26-27,32,34,37,40,50,52H,3,6,9,12,15,18,24-25,28-31H2,1-2H3,(H,44,49)(H3,43,46,47,51)/b5-4-,8-7-,11-10-,14-13-,17-16-,20-19-/t34-,37-,40-,42-,57?/m1/s1. The summed E-state index contributed by atoms with van der Waals surface area (Å²) in [7, 11) is -3.86. The van der Waals surface area contributed by atoms with Crippen LogP contribution in [0, 0.1) is 0 Å². The number of H-pyrrole nitrogens is 1. The van der Waals surface area contributed by atoms with E-state index in [9.17, 15) is 24.4 Å². The fourth-order valence-corrected chi connectivity index (χ4v) is 7.54. The number of aliphatic hydroxyl groups is 2. The highest BCUT2D eigenvalue weighted by Crippen LogP contribution is 2.50. The number of fused-ring (bicyclic) bond motifs is 1. The van der Waals surface area contributed by atoms with Gasteiger partial charge in [-0.15, -0.1) is 0 Å². The van der Waals surface area contributed by atoms with Gasteiger partial charge in [-0.05, 0) is 70.4 Å². The van der Waals surface area contributed by atoms with E-state index in [-0.39, 0.29) is 42.1 Å². The fraction of sp³-hybridized carbons (Fsp3) is 0.429. The monoisotopic (exact) mass is 804 g/mol. The molecular formula is C42H57N6O8P. The third-order valence-corrected chi connectivity index (χ3v) is 10.8. The van der Waals surface area contributed by atoms with Crippen molar-refractivity contribution >= 4 is 30.6 Å². The Morgan fingerprint density at radius 3 is 2.21 bits per heavy atom. The van der Waals surface area contributed by atoms with Crippen LogP contribution in [0.25, 0.3) is 11.2 Å². The van der Waals surface area contributed by atoms with Gasteiger partial charge in [0.1, 0.15) is 23.6 Å². The Kier molecular flexibility index (Phi) is 18.4. The summed E-state index contributed by atoms with van der Waals surface area (Å²) in [6.45, 7) is 3.34. The average Bonchev–Trinajstić information content (AvgIpc) is 3.70. The number of imidazole rings is 1. The number of amides is 1. The van der Waals surface area contributed by atoms with E-state index in [2.05, 4.69) is 88.0 Å². The van der Waals surface area contributed by atoms with Gasteiger partial charge in [-0.2, -0.15) is 4.98 Å². The molecule has 0 spiro atoms. The van der Waals surface area contributed by atoms with Gasteiger partial charge in [-0.25, -0.2) is 9.55 Å². The number of nitrogens with zero attached hydrogens (tertiary/aromatic N) is 3. The SMILES string of the molecule is CC/C=C\C/C=C\C/C=C\C/C=C\C/C=C\C/C=C\CCC(=O)NCCCP(=O)(OC[C@H]1O[C@@H](n2cnc3c(=O)[nH]c(N)nc32)[C@](C)(O)[C@@H]1O)Oc1ccccc1. The number of anilines is 1. The lowest BCUT2D eigenvalue weighted by Crippen LogP contribution is -2.44. The van der Waals surface area contributed by atoms with Crippen molar-refractivity contribution in [1.29, 1.82) is 0 Å². The molecule has 1 aliphatic heterocycles. The summed E-state index contributed by atoms with van der Waals surface area (Å²) in [5.74, 6) is 0.0282. The van der Waals surface area contributed by atoms with Crippen LogP contribution in [0.3, 0.4) is 0 Å². The van der Waals surface area contributed by atoms with Gasteiger partial charge in [-0.1, -0.05) is 98.0 Å². The van der Waals surface area contributed by atoms with E-state index in [1.807, 2.05) is 12.2 Å². The second-order valence-electron chi connectivity index (χ2n) is 13.7. The van der Waals surface area contributed by atoms with Gasteiger partial charge in [0.05, 0.1) is 19.1 Å². The smallest absolute Gasteiger partial charge is 0.379 e. The van der Waals surface area contributed by atoms with Crippen molar-refractivity contribution in [2.75, 3.05) is 25.0 Å². The Morgan fingerprint density at radius 1 is 1.00 bits per heavy atom. The first-order chi connectivity index (χ1) is 27.5. The molecule has 5 atom stereocenters. The number of aliphatic hydroxyl groups excluding tert-OH is 1. The molecule has 1 amide bonds. The van der Waals surface area contributed by atoms with Crippen LogP contribution in [0.2, 0.25) is 0 Å². The van der Waals surface area contributed by atoms with Crippen LogP contribution >= 0.6 is 7.60 Å². The van der Waals surface area contributed by atoms with Crippen LogP contribution in [0.5, 0.6) is 5.75 Å². The second-order valence-corrected chi connectivity index (χ2v) is 15.8. The summed E-state index contributed by atoms with van der Waals surface area (Å²) in [4.78, 5) is 35.3. The van der Waals surface area contributed by atoms with E-state index < -0.39 is 43.8 Å². The lowest BCUT2D eigenvalue weighted by molar-refractivity contribution is -0.121. The molecule has 2 aromatic heterocycles. The van der Waals surface area contributed by atoms with Gasteiger partial charge >= 0.3 is 7.60 Å². The number of nitrogens with one attached hydrogen (secondary N) is 2. The molecule has 1 aliphatic rings. The maximum absolute atomic E-state index is 14.0. The first kappa shape index (κ1) is 44.9. The number of carbonyl (C=O) groups excluding carboxylic acids is 1. The quantitative estimate of drug-likeness (QED) is 0.0355. The van der Waals surface area contributed by atoms with Crippen molar-refractivity contribution in [2.24, 2.45) is 0 Å². The Labute approximate surface area is 334 Å². The van der Waals surface area contributed by atoms with Crippen LogP contribution in [0.1, 0.15) is 77.9 Å². The highest BCUT2D eigenvalue weighted by Gasteiger charge is 2.54. The van der Waals surface area contributed by atoms with E-state index in [0.29, 0.717) is 18.6 Å². The number of benzene rings is 1. The molecule has 1 unspecified atom stereocenters. The average molecular weight is 805 g/mol. The van der Waals surface area contributed by atoms with E-state index in [0.717, 1.165) is 38.5 Å². The minimum absolute atomic E-state index is 0.0284. The minimum Gasteiger partial charge on any atom is -0.424 e. The second kappa shape index (κ2) is 23.4. The molecule has 0 saturated carbocycles. The fourth-order valence-electron chi connectivity index (χ4n) is 5.90. The predicted octanol–water partition coefficient (Wildman–Crippen LogP) is 6.98. The van der Waals surface area contributed by atoms with Crippen LogP contribution < -0.4 is 21.1 Å². The normalized spacial score (nSPS) is 21.4. The summed E-state index contributed by atoms with van der Waals surface area (Å²) in [6, 6.07) is 8.52. The maximum Gasteiger partial charge on any atom is 0.379 e. The molecule has 15 heteroatoms. The van der Waals surface area contributed by atoms with E-state index in [1.54, 1.807) is 30.3 Å². The number of aromatic nitrogens is 4. The Bertz CT molecular complexity index is 1980. The number of aromatic amines is 1. The zero-order valence-corrected chi connectivity index (χ0v) is 33.7. The molecule has 6 N–H and O–H groups in total. The summed E-state index contributed by atoms with van der Waals surface area (Å²) in [6.07, 6.45) is 29.8. The number of ether oxygens (including phenoxy) is 1. The first-order valence-electron chi connectivity index (χ1n) is 19.5. The number of allylic oxidation sites excluding steroid dienone is 12. The van der Waals surface area contributed by atoms with Gasteiger partial charge in [0, 0.05) is 13.0 Å².